The summed E-state index contributed by atoms with van der Waals surface area (Å²) < 4.78 is 4.94. The molecule has 1 heterocycles. The molecule has 1 amide bonds. The lowest BCUT2D eigenvalue weighted by atomic mass is 10.1. The topological polar surface area (TPSA) is 76.1 Å². The Morgan fingerprint density at radius 3 is 2.73 bits per heavy atom. The quantitative estimate of drug-likeness (QED) is 0.768. The normalized spacial score (nSPS) is 10.3. The lowest BCUT2D eigenvalue weighted by molar-refractivity contribution is 0.102. The van der Waals surface area contributed by atoms with Crippen LogP contribution in [0.3, 0.4) is 0 Å². The Morgan fingerprint density at radius 2 is 2.05 bits per heavy atom. The third kappa shape index (κ3) is 4.26. The fourth-order valence-corrected chi connectivity index (χ4v) is 1.95. The number of aryl methyl sites for hydroxylation is 1. The number of benzene rings is 1. The second-order valence-corrected chi connectivity index (χ2v) is 4.67. The number of para-hydroxylation sites is 1. The average molecular weight is 300 g/mol. The number of ether oxygens (including phenoxy) is 1. The van der Waals surface area contributed by atoms with Crippen LogP contribution < -0.4 is 10.6 Å². The van der Waals surface area contributed by atoms with E-state index in [2.05, 4.69) is 20.6 Å². The summed E-state index contributed by atoms with van der Waals surface area (Å²) in [7, 11) is 1.63. The van der Waals surface area contributed by atoms with Gasteiger partial charge in [0.25, 0.3) is 5.91 Å². The third-order valence-corrected chi connectivity index (χ3v) is 3.14. The molecule has 0 unspecified atom stereocenters. The number of aromatic nitrogens is 2. The Labute approximate surface area is 129 Å². The van der Waals surface area contributed by atoms with Crippen LogP contribution in [0.5, 0.6) is 0 Å². The van der Waals surface area contributed by atoms with Crippen LogP contribution in [-0.2, 0) is 11.2 Å². The molecule has 2 rings (SSSR count). The summed E-state index contributed by atoms with van der Waals surface area (Å²) in [6.45, 7) is 3.27. The van der Waals surface area contributed by atoms with E-state index in [1.165, 1.54) is 12.4 Å². The monoisotopic (exact) mass is 300 g/mol. The van der Waals surface area contributed by atoms with Gasteiger partial charge in [0.1, 0.15) is 11.5 Å². The van der Waals surface area contributed by atoms with E-state index in [1.807, 2.05) is 31.2 Å². The van der Waals surface area contributed by atoms with Gasteiger partial charge in [-0.3, -0.25) is 4.79 Å². The van der Waals surface area contributed by atoms with E-state index in [9.17, 15) is 4.79 Å². The van der Waals surface area contributed by atoms with Crippen molar-refractivity contribution in [2.45, 2.75) is 13.3 Å². The van der Waals surface area contributed by atoms with Gasteiger partial charge < -0.3 is 15.4 Å². The smallest absolute Gasteiger partial charge is 0.275 e. The van der Waals surface area contributed by atoms with Crippen molar-refractivity contribution in [3.63, 3.8) is 0 Å². The SMILES string of the molecule is CCc1ccccc1NC(=O)c1cnc(NCCOC)cn1. The summed E-state index contributed by atoms with van der Waals surface area (Å²) in [5, 5.41) is 5.92. The minimum Gasteiger partial charge on any atom is -0.383 e. The molecule has 0 bridgehead atoms. The van der Waals surface area contributed by atoms with Crippen molar-refractivity contribution >= 4 is 17.4 Å². The molecule has 1 aromatic heterocycles. The Hall–Kier alpha value is -2.47. The van der Waals surface area contributed by atoms with E-state index >= 15 is 0 Å². The van der Waals surface area contributed by atoms with Crippen molar-refractivity contribution in [1.82, 2.24) is 9.97 Å². The molecule has 6 heteroatoms. The molecule has 0 saturated heterocycles. The van der Waals surface area contributed by atoms with E-state index in [0.29, 0.717) is 19.0 Å². The molecular weight excluding hydrogens is 280 g/mol. The van der Waals surface area contributed by atoms with Crippen LogP contribution in [0.15, 0.2) is 36.7 Å². The van der Waals surface area contributed by atoms with E-state index < -0.39 is 0 Å². The molecule has 0 aliphatic heterocycles. The van der Waals surface area contributed by atoms with E-state index in [1.54, 1.807) is 7.11 Å². The summed E-state index contributed by atoms with van der Waals surface area (Å²) in [6.07, 6.45) is 3.85. The van der Waals surface area contributed by atoms with Gasteiger partial charge in [-0.1, -0.05) is 25.1 Å². The van der Waals surface area contributed by atoms with Crippen molar-refractivity contribution in [1.29, 1.82) is 0 Å². The Bertz CT molecular complexity index is 614. The van der Waals surface area contributed by atoms with Gasteiger partial charge in [0, 0.05) is 19.3 Å². The standard InChI is InChI=1S/C16H20N4O2/c1-3-12-6-4-5-7-13(12)20-16(21)14-10-19-15(11-18-14)17-8-9-22-2/h4-7,10-11H,3,8-9H2,1-2H3,(H,17,19)(H,20,21). The second-order valence-electron chi connectivity index (χ2n) is 4.67. The minimum absolute atomic E-state index is 0.267. The Morgan fingerprint density at radius 1 is 1.23 bits per heavy atom. The second kappa shape index (κ2) is 8.09. The molecule has 0 spiro atoms. The molecule has 22 heavy (non-hydrogen) atoms. The lowest BCUT2D eigenvalue weighted by Crippen LogP contribution is -2.16. The first-order valence-corrected chi connectivity index (χ1v) is 7.18. The predicted octanol–water partition coefficient (Wildman–Crippen LogP) is 2.35. The van der Waals surface area contributed by atoms with Gasteiger partial charge in [-0.25, -0.2) is 9.97 Å². The molecule has 0 saturated carbocycles. The average Bonchev–Trinajstić information content (AvgIpc) is 2.56. The maximum atomic E-state index is 12.2. The molecule has 116 valence electrons. The lowest BCUT2D eigenvalue weighted by Gasteiger charge is -2.09. The summed E-state index contributed by atoms with van der Waals surface area (Å²) in [4.78, 5) is 20.5. The highest BCUT2D eigenvalue weighted by atomic mass is 16.5. The Kier molecular flexibility index (Phi) is 5.85. The van der Waals surface area contributed by atoms with Crippen LogP contribution in [0, 0.1) is 0 Å². The molecule has 0 radical (unpaired) electrons. The number of nitrogens with zero attached hydrogens (tertiary/aromatic N) is 2. The first-order valence-electron chi connectivity index (χ1n) is 7.18. The van der Waals surface area contributed by atoms with Gasteiger partial charge in [-0.2, -0.15) is 0 Å². The number of anilines is 2. The molecule has 0 atom stereocenters. The number of nitrogens with one attached hydrogen (secondary N) is 2. The van der Waals surface area contributed by atoms with Crippen molar-refractivity contribution in [2.75, 3.05) is 30.9 Å². The van der Waals surface area contributed by atoms with Crippen LogP contribution in [0.1, 0.15) is 23.0 Å². The first-order chi connectivity index (χ1) is 10.7. The maximum Gasteiger partial charge on any atom is 0.275 e. The summed E-state index contributed by atoms with van der Waals surface area (Å²) in [5.74, 6) is 0.347. The fraction of sp³-hybridized carbons (Fsp3) is 0.312. The van der Waals surface area contributed by atoms with Crippen molar-refractivity contribution in [3.05, 3.63) is 47.9 Å². The number of rotatable bonds is 7. The van der Waals surface area contributed by atoms with Crippen LogP contribution >= 0.6 is 0 Å². The zero-order valence-electron chi connectivity index (χ0n) is 12.8. The van der Waals surface area contributed by atoms with Gasteiger partial charge in [-0.15, -0.1) is 0 Å². The van der Waals surface area contributed by atoms with Gasteiger partial charge >= 0.3 is 0 Å². The summed E-state index contributed by atoms with van der Waals surface area (Å²) in [6, 6.07) is 7.72. The highest BCUT2D eigenvalue weighted by Gasteiger charge is 2.10. The number of carbonyl (C=O) groups is 1. The van der Waals surface area contributed by atoms with Crippen LogP contribution in [0.25, 0.3) is 0 Å². The zero-order valence-corrected chi connectivity index (χ0v) is 12.8. The minimum atomic E-state index is -0.267. The number of methoxy groups -OCH3 is 1. The van der Waals surface area contributed by atoms with Crippen molar-refractivity contribution in [2.24, 2.45) is 0 Å². The number of carbonyl (C=O) groups excluding carboxylic acids is 1. The van der Waals surface area contributed by atoms with Gasteiger partial charge in [0.05, 0.1) is 19.0 Å². The molecule has 2 N–H and O–H groups in total. The van der Waals surface area contributed by atoms with Gasteiger partial charge in [0.15, 0.2) is 0 Å². The van der Waals surface area contributed by atoms with E-state index in [4.69, 9.17) is 4.74 Å². The van der Waals surface area contributed by atoms with E-state index in [-0.39, 0.29) is 11.6 Å². The summed E-state index contributed by atoms with van der Waals surface area (Å²) in [5.41, 5.74) is 2.17. The zero-order chi connectivity index (χ0) is 15.8. The highest BCUT2D eigenvalue weighted by molar-refractivity contribution is 6.03. The Balaban J connectivity index is 2.00. The van der Waals surface area contributed by atoms with Gasteiger partial charge in [-0.05, 0) is 18.1 Å². The number of hydrogen-bond acceptors (Lipinski definition) is 5. The molecule has 2 aromatic rings. The maximum absolute atomic E-state index is 12.2. The molecule has 1 aromatic carbocycles. The highest BCUT2D eigenvalue weighted by Crippen LogP contribution is 2.16. The molecule has 6 nitrogen and oxygen atoms in total. The van der Waals surface area contributed by atoms with Gasteiger partial charge in [0.2, 0.25) is 0 Å². The molecule has 0 fully saturated rings. The van der Waals surface area contributed by atoms with Crippen LogP contribution in [0.4, 0.5) is 11.5 Å². The summed E-state index contributed by atoms with van der Waals surface area (Å²) >= 11 is 0. The predicted molar refractivity (Wildman–Crippen MR) is 86.2 cm³/mol. The number of hydrogen-bond donors (Lipinski definition) is 2. The molecular formula is C16H20N4O2. The first kappa shape index (κ1) is 15.9. The number of amides is 1. The van der Waals surface area contributed by atoms with E-state index in [0.717, 1.165) is 17.7 Å². The fourth-order valence-electron chi connectivity index (χ4n) is 1.95. The van der Waals surface area contributed by atoms with Crippen molar-refractivity contribution in [3.8, 4) is 0 Å². The third-order valence-electron chi connectivity index (χ3n) is 3.14. The van der Waals surface area contributed by atoms with Crippen molar-refractivity contribution < 1.29 is 9.53 Å². The molecule has 0 aliphatic rings. The largest absolute Gasteiger partial charge is 0.383 e. The molecule has 0 aliphatic carbocycles. The van der Waals surface area contributed by atoms with Crippen LogP contribution in [0.2, 0.25) is 0 Å². The van der Waals surface area contributed by atoms with Crippen LogP contribution in [-0.4, -0.2) is 36.1 Å².